The van der Waals surface area contributed by atoms with Gasteiger partial charge in [0.1, 0.15) is 19.0 Å². The van der Waals surface area contributed by atoms with Crippen LogP contribution in [-0.4, -0.2) is 51.3 Å². The first-order valence-electron chi connectivity index (χ1n) is 9.24. The molecular formula is C21H22N2O7. The number of esters is 1. The van der Waals surface area contributed by atoms with E-state index in [-0.39, 0.29) is 12.1 Å². The van der Waals surface area contributed by atoms with Gasteiger partial charge in [-0.15, -0.1) is 0 Å². The molecule has 0 radical (unpaired) electrons. The lowest BCUT2D eigenvalue weighted by molar-refractivity contribution is -0.126. The van der Waals surface area contributed by atoms with E-state index < -0.39 is 24.4 Å². The van der Waals surface area contributed by atoms with Gasteiger partial charge in [0.2, 0.25) is 5.91 Å². The first-order valence-corrected chi connectivity index (χ1v) is 9.24. The van der Waals surface area contributed by atoms with E-state index in [4.69, 9.17) is 18.9 Å². The number of carbonyl (C=O) groups is 3. The first-order chi connectivity index (χ1) is 14.5. The number of amides is 2. The fourth-order valence-corrected chi connectivity index (χ4v) is 2.73. The van der Waals surface area contributed by atoms with Gasteiger partial charge in [0.05, 0.1) is 24.9 Å². The zero-order valence-electron chi connectivity index (χ0n) is 16.7. The highest BCUT2D eigenvalue weighted by atomic mass is 16.6. The van der Waals surface area contributed by atoms with Gasteiger partial charge in [0, 0.05) is 0 Å². The van der Waals surface area contributed by atoms with Crippen LogP contribution in [0.25, 0.3) is 0 Å². The molecule has 2 N–H and O–H groups in total. The van der Waals surface area contributed by atoms with Gasteiger partial charge in [-0.25, -0.2) is 4.79 Å². The largest absolute Gasteiger partial charge is 0.495 e. The van der Waals surface area contributed by atoms with Crippen molar-refractivity contribution < 1.29 is 33.3 Å². The van der Waals surface area contributed by atoms with Gasteiger partial charge in [-0.1, -0.05) is 6.07 Å². The Labute approximate surface area is 173 Å². The molecule has 0 atom stereocenters. The average Bonchev–Trinajstić information content (AvgIpc) is 2.76. The topological polar surface area (TPSA) is 112 Å². The van der Waals surface area contributed by atoms with Crippen molar-refractivity contribution >= 4 is 23.5 Å². The highest BCUT2D eigenvalue weighted by Crippen LogP contribution is 2.31. The highest BCUT2D eigenvalue weighted by Gasteiger charge is 2.17. The summed E-state index contributed by atoms with van der Waals surface area (Å²) >= 11 is 0. The lowest BCUT2D eigenvalue weighted by Crippen LogP contribution is -2.35. The van der Waals surface area contributed by atoms with Gasteiger partial charge in [-0.3, -0.25) is 9.59 Å². The monoisotopic (exact) mass is 414 g/mol. The van der Waals surface area contributed by atoms with E-state index in [9.17, 15) is 14.4 Å². The molecule has 3 rings (SSSR count). The standard InChI is InChI=1S/C21H22N2O7/c1-13-3-5-16(27-2)15(9-13)23-19(24)11-22-20(25)12-30-21(26)14-4-6-17-18(10-14)29-8-7-28-17/h3-6,9-10H,7-8,11-12H2,1-2H3,(H,22,25)(H,23,24). The average molecular weight is 414 g/mol. The highest BCUT2D eigenvalue weighted by molar-refractivity contribution is 5.96. The van der Waals surface area contributed by atoms with E-state index in [1.807, 2.05) is 13.0 Å². The molecule has 9 heteroatoms. The Morgan fingerprint density at radius 3 is 2.53 bits per heavy atom. The maximum absolute atomic E-state index is 12.1. The Morgan fingerprint density at radius 2 is 1.77 bits per heavy atom. The van der Waals surface area contributed by atoms with Crippen LogP contribution < -0.4 is 24.8 Å². The molecule has 0 saturated carbocycles. The molecule has 158 valence electrons. The maximum atomic E-state index is 12.1. The summed E-state index contributed by atoms with van der Waals surface area (Å²) in [5.41, 5.74) is 1.68. The van der Waals surface area contributed by atoms with Crippen LogP contribution in [0.3, 0.4) is 0 Å². The predicted molar refractivity (Wildman–Crippen MR) is 107 cm³/mol. The first kappa shape index (κ1) is 21.0. The number of carbonyl (C=O) groups excluding carboxylic acids is 3. The minimum absolute atomic E-state index is 0.233. The molecule has 30 heavy (non-hydrogen) atoms. The van der Waals surface area contributed by atoms with Gasteiger partial charge in [0.25, 0.3) is 5.91 Å². The molecule has 2 aromatic rings. The summed E-state index contributed by atoms with van der Waals surface area (Å²) in [6, 6.07) is 9.98. The normalized spacial score (nSPS) is 11.9. The van der Waals surface area contributed by atoms with E-state index in [1.54, 1.807) is 18.2 Å². The van der Waals surface area contributed by atoms with E-state index in [2.05, 4.69) is 10.6 Å². The number of rotatable bonds is 7. The summed E-state index contributed by atoms with van der Waals surface area (Å²) in [6.07, 6.45) is 0. The van der Waals surface area contributed by atoms with Crippen LogP contribution in [0.1, 0.15) is 15.9 Å². The molecule has 0 unspecified atom stereocenters. The third-order valence-corrected chi connectivity index (χ3v) is 4.19. The smallest absolute Gasteiger partial charge is 0.338 e. The number of ether oxygens (including phenoxy) is 4. The van der Waals surface area contributed by atoms with Gasteiger partial charge in [0.15, 0.2) is 18.1 Å². The number of benzene rings is 2. The summed E-state index contributed by atoms with van der Waals surface area (Å²) in [7, 11) is 1.50. The predicted octanol–water partition coefficient (Wildman–Crippen LogP) is 1.69. The summed E-state index contributed by atoms with van der Waals surface area (Å²) in [6.45, 7) is 1.92. The number of hydrogen-bond acceptors (Lipinski definition) is 7. The molecule has 0 spiro atoms. The summed E-state index contributed by atoms with van der Waals surface area (Å²) in [5.74, 6) is -0.224. The van der Waals surface area contributed by atoms with E-state index in [0.29, 0.717) is 36.1 Å². The second-order valence-corrected chi connectivity index (χ2v) is 6.46. The lowest BCUT2D eigenvalue weighted by atomic mass is 10.2. The lowest BCUT2D eigenvalue weighted by Gasteiger charge is -2.18. The van der Waals surface area contributed by atoms with Crippen LogP contribution in [0.5, 0.6) is 17.2 Å². The number of anilines is 1. The van der Waals surface area contributed by atoms with Crippen molar-refractivity contribution in [1.29, 1.82) is 0 Å². The zero-order valence-corrected chi connectivity index (χ0v) is 16.7. The number of hydrogen-bond donors (Lipinski definition) is 2. The van der Waals surface area contributed by atoms with Crippen LogP contribution >= 0.6 is 0 Å². The molecule has 0 aromatic heterocycles. The molecule has 9 nitrogen and oxygen atoms in total. The van der Waals surface area contributed by atoms with Crippen LogP contribution in [-0.2, 0) is 14.3 Å². The van der Waals surface area contributed by atoms with Crippen molar-refractivity contribution in [3.05, 3.63) is 47.5 Å². The Morgan fingerprint density at radius 1 is 1.00 bits per heavy atom. The van der Waals surface area contributed by atoms with Crippen LogP contribution in [0.2, 0.25) is 0 Å². The minimum Gasteiger partial charge on any atom is -0.495 e. The van der Waals surface area contributed by atoms with E-state index in [0.717, 1.165) is 5.56 Å². The Hall–Kier alpha value is -3.75. The summed E-state index contributed by atoms with van der Waals surface area (Å²) in [4.78, 5) is 36.1. The number of nitrogens with one attached hydrogen (secondary N) is 2. The summed E-state index contributed by atoms with van der Waals surface area (Å²) in [5, 5.41) is 5.06. The quantitative estimate of drug-likeness (QED) is 0.663. The van der Waals surface area contributed by atoms with E-state index >= 15 is 0 Å². The number of methoxy groups -OCH3 is 1. The maximum Gasteiger partial charge on any atom is 0.338 e. The summed E-state index contributed by atoms with van der Waals surface area (Å²) < 4.78 is 21.0. The number of aryl methyl sites for hydroxylation is 1. The van der Waals surface area contributed by atoms with Crippen molar-refractivity contribution in [1.82, 2.24) is 5.32 Å². The molecule has 0 bridgehead atoms. The SMILES string of the molecule is COc1ccc(C)cc1NC(=O)CNC(=O)COC(=O)c1ccc2c(c1)OCCO2. The fraction of sp³-hybridized carbons (Fsp3) is 0.286. The zero-order chi connectivity index (χ0) is 21.5. The Bertz CT molecular complexity index is 958. The molecule has 2 aromatic carbocycles. The van der Waals surface area contributed by atoms with Crippen molar-refractivity contribution in [2.24, 2.45) is 0 Å². The third kappa shape index (κ3) is 5.40. The second-order valence-electron chi connectivity index (χ2n) is 6.46. The van der Waals surface area contributed by atoms with Gasteiger partial charge >= 0.3 is 5.97 Å². The van der Waals surface area contributed by atoms with Crippen molar-refractivity contribution in [2.45, 2.75) is 6.92 Å². The van der Waals surface area contributed by atoms with E-state index in [1.165, 1.54) is 19.2 Å². The minimum atomic E-state index is -0.684. The molecule has 1 aliphatic rings. The molecule has 1 heterocycles. The second kappa shape index (κ2) is 9.64. The van der Waals surface area contributed by atoms with Gasteiger partial charge in [-0.05, 0) is 42.8 Å². The van der Waals surface area contributed by atoms with Crippen molar-refractivity contribution in [3.8, 4) is 17.2 Å². The molecule has 1 aliphatic heterocycles. The fourth-order valence-electron chi connectivity index (χ4n) is 2.73. The molecule has 0 aliphatic carbocycles. The Kier molecular flexibility index (Phi) is 6.74. The third-order valence-electron chi connectivity index (χ3n) is 4.19. The van der Waals surface area contributed by atoms with Crippen LogP contribution in [0.15, 0.2) is 36.4 Å². The van der Waals surface area contributed by atoms with Crippen molar-refractivity contribution in [3.63, 3.8) is 0 Å². The van der Waals surface area contributed by atoms with Gasteiger partial charge in [-0.2, -0.15) is 0 Å². The van der Waals surface area contributed by atoms with Crippen molar-refractivity contribution in [2.75, 3.05) is 38.8 Å². The molecular weight excluding hydrogens is 392 g/mol. The van der Waals surface area contributed by atoms with Crippen LogP contribution in [0.4, 0.5) is 5.69 Å². The van der Waals surface area contributed by atoms with Gasteiger partial charge < -0.3 is 29.6 Å². The number of fused-ring (bicyclic) bond motifs is 1. The van der Waals surface area contributed by atoms with Crippen LogP contribution in [0, 0.1) is 6.92 Å². The Balaban J connectivity index is 1.45. The molecule has 2 amide bonds. The molecule has 0 saturated heterocycles. The molecule has 0 fully saturated rings.